The first-order chi connectivity index (χ1) is 8.57. The highest BCUT2D eigenvalue weighted by Crippen LogP contribution is 2.60. The third kappa shape index (κ3) is 3.58. The molecule has 0 aromatic heterocycles. The molecule has 0 N–H and O–H groups in total. The average molecular weight is 272 g/mol. The molecule has 1 rings (SSSR count). The van der Waals surface area contributed by atoms with E-state index in [1.165, 1.54) is 0 Å². The van der Waals surface area contributed by atoms with Crippen molar-refractivity contribution in [2.24, 2.45) is 0 Å². The Bertz CT molecular complexity index is 409. The molecule has 0 saturated heterocycles. The summed E-state index contributed by atoms with van der Waals surface area (Å²) in [7, 11) is -1.51. The van der Waals surface area contributed by atoms with E-state index >= 15 is 0 Å². The van der Waals surface area contributed by atoms with Gasteiger partial charge in [0.25, 0.3) is 0 Å². The molecule has 1 aromatic rings. The molecular formula is C13H21O4P. The van der Waals surface area contributed by atoms with Crippen molar-refractivity contribution < 1.29 is 18.3 Å². The fourth-order valence-electron chi connectivity index (χ4n) is 1.70. The Morgan fingerprint density at radius 2 is 1.83 bits per heavy atom. The molecule has 0 bridgehead atoms. The summed E-state index contributed by atoms with van der Waals surface area (Å²) < 4.78 is 28.5. The topological polar surface area (TPSA) is 44.8 Å². The summed E-state index contributed by atoms with van der Waals surface area (Å²) in [6.07, 6.45) is 0. The van der Waals surface area contributed by atoms with Crippen LogP contribution in [0.5, 0.6) is 5.75 Å². The van der Waals surface area contributed by atoms with Crippen LogP contribution in [0.1, 0.15) is 32.0 Å². The second kappa shape index (κ2) is 6.93. The van der Waals surface area contributed by atoms with E-state index in [0.717, 1.165) is 11.3 Å². The van der Waals surface area contributed by atoms with Gasteiger partial charge in [-0.2, -0.15) is 0 Å². The number of methoxy groups -OCH3 is 1. The Morgan fingerprint density at radius 3 is 2.33 bits per heavy atom. The molecule has 1 atom stereocenters. The average Bonchev–Trinajstić information content (AvgIpc) is 2.38. The normalized spacial score (nSPS) is 13.3. The second-order valence-electron chi connectivity index (χ2n) is 3.83. The first-order valence-corrected chi connectivity index (χ1v) is 7.71. The lowest BCUT2D eigenvalue weighted by Gasteiger charge is -2.23. The predicted octanol–water partition coefficient (Wildman–Crippen LogP) is 4.02. The first-order valence-electron chi connectivity index (χ1n) is 6.10. The zero-order chi connectivity index (χ0) is 13.6. The van der Waals surface area contributed by atoms with Gasteiger partial charge in [-0.1, -0.05) is 12.1 Å². The van der Waals surface area contributed by atoms with Crippen LogP contribution in [0.15, 0.2) is 24.3 Å². The molecule has 102 valence electrons. The Labute approximate surface area is 109 Å². The van der Waals surface area contributed by atoms with Crippen LogP contribution >= 0.6 is 7.60 Å². The van der Waals surface area contributed by atoms with Crippen molar-refractivity contribution in [2.45, 2.75) is 26.4 Å². The third-order valence-electron chi connectivity index (χ3n) is 2.67. The van der Waals surface area contributed by atoms with Gasteiger partial charge in [-0.15, -0.1) is 0 Å². The smallest absolute Gasteiger partial charge is 0.337 e. The van der Waals surface area contributed by atoms with Crippen molar-refractivity contribution >= 4 is 7.60 Å². The summed E-state index contributed by atoms with van der Waals surface area (Å²) in [4.78, 5) is 0. The molecule has 0 radical (unpaired) electrons. The SMILES string of the molecule is CCOP(=O)(OCC)C(C)c1cccc(OC)c1. The van der Waals surface area contributed by atoms with E-state index in [-0.39, 0.29) is 5.66 Å². The molecule has 1 aromatic carbocycles. The van der Waals surface area contributed by atoms with E-state index in [9.17, 15) is 4.57 Å². The van der Waals surface area contributed by atoms with Crippen molar-refractivity contribution in [1.29, 1.82) is 0 Å². The Hall–Kier alpha value is -0.830. The zero-order valence-corrected chi connectivity index (χ0v) is 12.3. The van der Waals surface area contributed by atoms with Gasteiger partial charge in [0.05, 0.1) is 26.0 Å². The fourth-order valence-corrected chi connectivity index (χ4v) is 3.47. The van der Waals surface area contributed by atoms with Crippen molar-refractivity contribution in [3.05, 3.63) is 29.8 Å². The van der Waals surface area contributed by atoms with Gasteiger partial charge in [0.1, 0.15) is 5.75 Å². The molecule has 0 saturated carbocycles. The lowest BCUT2D eigenvalue weighted by atomic mass is 10.1. The molecule has 0 fully saturated rings. The van der Waals surface area contributed by atoms with Crippen molar-refractivity contribution in [1.82, 2.24) is 0 Å². The number of hydrogen-bond acceptors (Lipinski definition) is 4. The number of rotatable bonds is 7. The molecule has 0 aliphatic rings. The summed E-state index contributed by atoms with van der Waals surface area (Å²) >= 11 is 0. The van der Waals surface area contributed by atoms with Gasteiger partial charge in [-0.25, -0.2) is 0 Å². The van der Waals surface area contributed by atoms with Crippen LogP contribution in [0.25, 0.3) is 0 Å². The Balaban J connectivity index is 3.01. The molecule has 0 spiro atoms. The summed E-state index contributed by atoms with van der Waals surface area (Å²) in [6.45, 7) is 6.20. The maximum atomic E-state index is 12.6. The van der Waals surface area contributed by atoms with E-state index < -0.39 is 7.60 Å². The summed E-state index contributed by atoms with van der Waals surface area (Å²) in [6, 6.07) is 7.47. The summed E-state index contributed by atoms with van der Waals surface area (Å²) in [5.74, 6) is 0.735. The van der Waals surface area contributed by atoms with Crippen LogP contribution in [0.4, 0.5) is 0 Å². The van der Waals surface area contributed by atoms with E-state index in [1.807, 2.05) is 45.0 Å². The van der Waals surface area contributed by atoms with E-state index in [0.29, 0.717) is 13.2 Å². The van der Waals surface area contributed by atoms with E-state index in [4.69, 9.17) is 13.8 Å². The Kier molecular flexibility index (Phi) is 5.86. The Morgan fingerprint density at radius 1 is 1.22 bits per heavy atom. The largest absolute Gasteiger partial charge is 0.497 e. The van der Waals surface area contributed by atoms with Crippen molar-refractivity contribution in [3.63, 3.8) is 0 Å². The van der Waals surface area contributed by atoms with Crippen LogP contribution in [-0.4, -0.2) is 20.3 Å². The summed E-state index contributed by atoms with van der Waals surface area (Å²) in [5.41, 5.74) is 0.576. The molecule has 0 amide bonds. The molecule has 5 heteroatoms. The minimum Gasteiger partial charge on any atom is -0.497 e. The van der Waals surface area contributed by atoms with Gasteiger partial charge in [-0.3, -0.25) is 4.57 Å². The van der Waals surface area contributed by atoms with Crippen LogP contribution < -0.4 is 4.74 Å². The van der Waals surface area contributed by atoms with Crippen molar-refractivity contribution in [3.8, 4) is 5.75 Å². The minimum absolute atomic E-state index is 0.313. The van der Waals surface area contributed by atoms with Gasteiger partial charge < -0.3 is 13.8 Å². The highest BCUT2D eigenvalue weighted by Gasteiger charge is 2.33. The molecular weight excluding hydrogens is 251 g/mol. The molecule has 0 aliphatic heterocycles. The molecule has 18 heavy (non-hydrogen) atoms. The summed E-state index contributed by atoms with van der Waals surface area (Å²) in [5, 5.41) is 0. The number of ether oxygens (including phenoxy) is 1. The quantitative estimate of drug-likeness (QED) is 0.703. The van der Waals surface area contributed by atoms with Gasteiger partial charge in [0, 0.05) is 0 Å². The van der Waals surface area contributed by atoms with Crippen LogP contribution in [0, 0.1) is 0 Å². The van der Waals surface area contributed by atoms with Gasteiger partial charge in [0.15, 0.2) is 0 Å². The van der Waals surface area contributed by atoms with Gasteiger partial charge >= 0.3 is 7.60 Å². The fraction of sp³-hybridized carbons (Fsp3) is 0.538. The first kappa shape index (κ1) is 15.2. The number of hydrogen-bond donors (Lipinski definition) is 0. The lowest BCUT2D eigenvalue weighted by Crippen LogP contribution is -2.04. The predicted molar refractivity (Wildman–Crippen MR) is 72.3 cm³/mol. The molecule has 0 aliphatic carbocycles. The maximum absolute atomic E-state index is 12.6. The monoisotopic (exact) mass is 272 g/mol. The molecule has 0 heterocycles. The van der Waals surface area contributed by atoms with Crippen LogP contribution in [-0.2, 0) is 13.6 Å². The number of benzene rings is 1. The maximum Gasteiger partial charge on any atom is 0.337 e. The zero-order valence-electron chi connectivity index (χ0n) is 11.4. The second-order valence-corrected chi connectivity index (χ2v) is 6.20. The lowest BCUT2D eigenvalue weighted by molar-refractivity contribution is 0.213. The van der Waals surface area contributed by atoms with Crippen LogP contribution in [0.2, 0.25) is 0 Å². The van der Waals surface area contributed by atoms with E-state index in [2.05, 4.69) is 0 Å². The van der Waals surface area contributed by atoms with Gasteiger partial charge in [0.2, 0.25) is 0 Å². The van der Waals surface area contributed by atoms with Crippen LogP contribution in [0.3, 0.4) is 0 Å². The molecule has 4 nitrogen and oxygen atoms in total. The standard InChI is InChI=1S/C13H21O4P/c1-5-16-18(14,17-6-2)11(3)12-8-7-9-13(10-12)15-4/h7-11H,5-6H2,1-4H3. The highest BCUT2D eigenvalue weighted by molar-refractivity contribution is 7.54. The molecule has 1 unspecified atom stereocenters. The third-order valence-corrected chi connectivity index (χ3v) is 5.15. The van der Waals surface area contributed by atoms with E-state index in [1.54, 1.807) is 7.11 Å². The highest BCUT2D eigenvalue weighted by atomic mass is 31.2. The van der Waals surface area contributed by atoms with Crippen molar-refractivity contribution in [2.75, 3.05) is 20.3 Å². The minimum atomic E-state index is -3.12. The van der Waals surface area contributed by atoms with Gasteiger partial charge in [-0.05, 0) is 38.5 Å².